The Morgan fingerprint density at radius 2 is 1.64 bits per heavy atom. The maximum Gasteiger partial charge on any atom is 0.340 e. The fourth-order valence-electron chi connectivity index (χ4n) is 2.43. The number of anilines is 3. The molecule has 5 nitrogen and oxygen atoms in total. The first-order chi connectivity index (χ1) is 13.5. The molecule has 1 amide bonds. The van der Waals surface area contributed by atoms with E-state index in [1.807, 2.05) is 30.3 Å². The monoisotopic (exact) mass is 442 g/mol. The number of ether oxygens (including phenoxy) is 1. The first-order valence-corrected chi connectivity index (χ1v) is 9.15. The van der Waals surface area contributed by atoms with Gasteiger partial charge in [0.05, 0.1) is 16.9 Å². The van der Waals surface area contributed by atoms with Crippen LogP contribution in [-0.4, -0.2) is 18.5 Å². The number of halogens is 2. The lowest BCUT2D eigenvalue weighted by Crippen LogP contribution is -2.21. The van der Waals surface area contributed by atoms with Gasteiger partial charge in [0.25, 0.3) is 5.91 Å². The van der Waals surface area contributed by atoms with E-state index in [9.17, 15) is 14.0 Å². The molecule has 0 spiro atoms. The van der Waals surface area contributed by atoms with E-state index in [0.717, 1.165) is 5.69 Å². The quantitative estimate of drug-likeness (QED) is 0.519. The molecule has 7 heteroatoms. The Kier molecular flexibility index (Phi) is 6.39. The number of benzene rings is 3. The molecule has 0 radical (unpaired) electrons. The number of rotatable bonds is 6. The number of nitrogens with one attached hydrogen (secondary N) is 2. The van der Waals surface area contributed by atoms with E-state index >= 15 is 0 Å². The van der Waals surface area contributed by atoms with Crippen LogP contribution in [0.5, 0.6) is 0 Å². The van der Waals surface area contributed by atoms with E-state index in [4.69, 9.17) is 4.74 Å². The van der Waals surface area contributed by atoms with Gasteiger partial charge in [0.1, 0.15) is 5.82 Å². The number of carbonyl (C=O) groups excluding carboxylic acids is 2. The number of amides is 1. The third kappa shape index (κ3) is 5.17. The predicted molar refractivity (Wildman–Crippen MR) is 109 cm³/mol. The Balaban J connectivity index is 1.62. The van der Waals surface area contributed by atoms with Gasteiger partial charge in [0.15, 0.2) is 6.61 Å². The molecule has 0 saturated heterocycles. The van der Waals surface area contributed by atoms with Crippen molar-refractivity contribution in [1.82, 2.24) is 0 Å². The number of carbonyl (C=O) groups is 2. The third-order valence-electron chi connectivity index (χ3n) is 3.74. The molecule has 3 aromatic carbocycles. The minimum atomic E-state index is -0.662. The minimum Gasteiger partial charge on any atom is -0.452 e. The van der Waals surface area contributed by atoms with Gasteiger partial charge in [-0.15, -0.1) is 0 Å². The Labute approximate surface area is 169 Å². The summed E-state index contributed by atoms with van der Waals surface area (Å²) >= 11 is 3.14. The maximum atomic E-state index is 13.8. The summed E-state index contributed by atoms with van der Waals surface area (Å²) in [5, 5.41) is 5.51. The molecule has 0 unspecified atom stereocenters. The van der Waals surface area contributed by atoms with Gasteiger partial charge in [0.2, 0.25) is 0 Å². The molecule has 28 heavy (non-hydrogen) atoms. The molecule has 0 aliphatic carbocycles. The van der Waals surface area contributed by atoms with Gasteiger partial charge in [0, 0.05) is 10.2 Å². The zero-order chi connectivity index (χ0) is 19.9. The molecule has 3 rings (SSSR count). The number of esters is 1. The van der Waals surface area contributed by atoms with E-state index in [-0.39, 0.29) is 11.3 Å². The molecule has 0 atom stereocenters. The molecule has 0 heterocycles. The molecule has 0 saturated carbocycles. The lowest BCUT2D eigenvalue weighted by Gasteiger charge is -2.12. The van der Waals surface area contributed by atoms with Gasteiger partial charge in [-0.2, -0.15) is 0 Å². The van der Waals surface area contributed by atoms with Crippen molar-refractivity contribution in [2.24, 2.45) is 0 Å². The lowest BCUT2D eigenvalue weighted by atomic mass is 10.1. The van der Waals surface area contributed by atoms with Crippen molar-refractivity contribution in [2.45, 2.75) is 0 Å². The van der Waals surface area contributed by atoms with Crippen molar-refractivity contribution in [3.8, 4) is 0 Å². The Bertz CT molecular complexity index is 996. The molecular formula is C21H16BrFN2O3. The SMILES string of the molecule is O=C(COC(=O)c1ccccc1Nc1ccccc1)Nc1ccc(Br)cc1F. The average Bonchev–Trinajstić information content (AvgIpc) is 2.69. The lowest BCUT2D eigenvalue weighted by molar-refractivity contribution is -0.119. The van der Waals surface area contributed by atoms with Crippen molar-refractivity contribution in [3.63, 3.8) is 0 Å². The topological polar surface area (TPSA) is 67.4 Å². The highest BCUT2D eigenvalue weighted by Crippen LogP contribution is 2.22. The van der Waals surface area contributed by atoms with Crippen LogP contribution in [0.15, 0.2) is 77.3 Å². The van der Waals surface area contributed by atoms with Crippen molar-refractivity contribution in [1.29, 1.82) is 0 Å². The Morgan fingerprint density at radius 3 is 2.39 bits per heavy atom. The number of hydrogen-bond donors (Lipinski definition) is 2. The Hall–Kier alpha value is -3.19. The van der Waals surface area contributed by atoms with Crippen LogP contribution >= 0.6 is 15.9 Å². The summed E-state index contributed by atoms with van der Waals surface area (Å²) in [4.78, 5) is 24.4. The molecule has 0 fully saturated rings. The summed E-state index contributed by atoms with van der Waals surface area (Å²) < 4.78 is 19.4. The minimum absolute atomic E-state index is 0.00962. The summed E-state index contributed by atoms with van der Waals surface area (Å²) in [7, 11) is 0. The van der Waals surface area contributed by atoms with Gasteiger partial charge >= 0.3 is 5.97 Å². The average molecular weight is 443 g/mol. The van der Waals surface area contributed by atoms with Crippen molar-refractivity contribution in [2.75, 3.05) is 17.2 Å². The third-order valence-corrected chi connectivity index (χ3v) is 4.23. The van der Waals surface area contributed by atoms with Crippen LogP contribution < -0.4 is 10.6 Å². The van der Waals surface area contributed by atoms with Gasteiger partial charge in [-0.05, 0) is 42.5 Å². The molecule has 0 bridgehead atoms. The second kappa shape index (κ2) is 9.14. The van der Waals surface area contributed by atoms with Crippen molar-refractivity contribution >= 4 is 44.9 Å². The van der Waals surface area contributed by atoms with Crippen LogP contribution in [0, 0.1) is 5.82 Å². The fraction of sp³-hybridized carbons (Fsp3) is 0.0476. The number of para-hydroxylation sites is 2. The fourth-order valence-corrected chi connectivity index (χ4v) is 2.77. The molecule has 3 aromatic rings. The van der Waals surface area contributed by atoms with E-state index in [1.54, 1.807) is 30.3 Å². The largest absolute Gasteiger partial charge is 0.452 e. The van der Waals surface area contributed by atoms with Crippen LogP contribution in [0.2, 0.25) is 0 Å². The van der Waals surface area contributed by atoms with E-state index in [0.29, 0.717) is 10.2 Å². The summed E-state index contributed by atoms with van der Waals surface area (Å²) in [5.74, 6) is -1.89. The second-order valence-corrected chi connectivity index (χ2v) is 6.70. The predicted octanol–water partition coefficient (Wildman–Crippen LogP) is 5.13. The number of hydrogen-bond acceptors (Lipinski definition) is 4. The van der Waals surface area contributed by atoms with Crippen LogP contribution in [0.3, 0.4) is 0 Å². The normalized spacial score (nSPS) is 10.2. The summed E-state index contributed by atoms with van der Waals surface area (Å²) in [6.07, 6.45) is 0. The van der Waals surface area contributed by atoms with E-state index in [1.165, 1.54) is 12.1 Å². The Morgan fingerprint density at radius 1 is 0.929 bits per heavy atom. The van der Waals surface area contributed by atoms with Crippen LogP contribution in [0.1, 0.15) is 10.4 Å². The first kappa shape index (κ1) is 19.6. The van der Waals surface area contributed by atoms with Gasteiger partial charge in [-0.3, -0.25) is 4.79 Å². The van der Waals surface area contributed by atoms with E-state index in [2.05, 4.69) is 26.6 Å². The molecule has 142 valence electrons. The highest BCUT2D eigenvalue weighted by Gasteiger charge is 2.15. The second-order valence-electron chi connectivity index (χ2n) is 5.79. The summed E-state index contributed by atoms with van der Waals surface area (Å²) in [6.45, 7) is -0.534. The molecule has 0 aliphatic rings. The van der Waals surface area contributed by atoms with Crippen molar-refractivity contribution in [3.05, 3.63) is 88.6 Å². The molecule has 2 N–H and O–H groups in total. The molecule has 0 aliphatic heterocycles. The zero-order valence-corrected chi connectivity index (χ0v) is 16.2. The molecule has 0 aromatic heterocycles. The molecular weight excluding hydrogens is 427 g/mol. The highest BCUT2D eigenvalue weighted by atomic mass is 79.9. The maximum absolute atomic E-state index is 13.8. The smallest absolute Gasteiger partial charge is 0.340 e. The highest BCUT2D eigenvalue weighted by molar-refractivity contribution is 9.10. The van der Waals surface area contributed by atoms with Crippen LogP contribution in [0.25, 0.3) is 0 Å². The zero-order valence-electron chi connectivity index (χ0n) is 14.6. The van der Waals surface area contributed by atoms with Gasteiger partial charge in [-0.1, -0.05) is 46.3 Å². The van der Waals surface area contributed by atoms with Crippen LogP contribution in [0.4, 0.5) is 21.5 Å². The van der Waals surface area contributed by atoms with Gasteiger partial charge in [-0.25, -0.2) is 9.18 Å². The van der Waals surface area contributed by atoms with E-state index < -0.39 is 24.3 Å². The summed E-state index contributed by atoms with van der Waals surface area (Å²) in [6, 6.07) is 20.4. The first-order valence-electron chi connectivity index (χ1n) is 8.36. The van der Waals surface area contributed by atoms with Crippen LogP contribution in [-0.2, 0) is 9.53 Å². The van der Waals surface area contributed by atoms with Gasteiger partial charge < -0.3 is 15.4 Å². The van der Waals surface area contributed by atoms with Crippen molar-refractivity contribution < 1.29 is 18.7 Å². The standard InChI is InChI=1S/C21H16BrFN2O3/c22-14-10-11-19(17(23)12-14)25-20(26)13-28-21(27)16-8-4-5-9-18(16)24-15-6-2-1-3-7-15/h1-12,24H,13H2,(H,25,26). The summed E-state index contributed by atoms with van der Waals surface area (Å²) in [5.41, 5.74) is 1.66.